The fourth-order valence-electron chi connectivity index (χ4n) is 23.7. The lowest BCUT2D eigenvalue weighted by atomic mass is 9.70. The molecule has 4 aromatic heterocycles. The zero-order valence-electron chi connectivity index (χ0n) is 73.8. The summed E-state index contributed by atoms with van der Waals surface area (Å²) in [6, 6.07) is 179. The Morgan fingerprint density at radius 1 is 0.134 bits per heavy atom. The lowest BCUT2D eigenvalue weighted by molar-refractivity contribution is 0.660. The minimum atomic E-state index is -0.599. The predicted molar refractivity (Wildman–Crippen MR) is 561 cm³/mol. The van der Waals surface area contributed by atoms with Gasteiger partial charge in [-0.1, -0.05) is 335 Å². The SMILES string of the molecule is CC1(C)c2ccccc2-c2ccc(-c3ccc4c(c3)c3cc(-c5ccc6c7ccccc7n(-c7ccccc7)c6c5)ccc3n4-c3cc(-c4ccccc4)cc(-c4cccc(-c5ccc6c(c5)-c5ccccc5C65c6ccccc6-c6ccc(-c7ccc8c(c7)c7cc(-c9ccc%10c%11ccccc%11n(-c%11ccccc%11)c%10c9)ccc7n8-c7ccc(-c8ccccc8)cc7)cc65)c4)c3)cc21. The lowest BCUT2D eigenvalue weighted by Crippen LogP contribution is -2.25. The number of hydrogen-bond acceptors (Lipinski definition) is 0. The van der Waals surface area contributed by atoms with Gasteiger partial charge in [0.2, 0.25) is 0 Å². The Bertz CT molecular complexity index is 9260. The van der Waals surface area contributed by atoms with Crippen molar-refractivity contribution >= 4 is 87.2 Å². The largest absolute Gasteiger partial charge is 0.309 e. The molecule has 28 rings (SSSR count). The van der Waals surface area contributed by atoms with Crippen LogP contribution in [-0.2, 0) is 10.8 Å². The average molecular weight is 1700 g/mol. The van der Waals surface area contributed by atoms with Gasteiger partial charge in [0.05, 0.1) is 49.5 Å². The van der Waals surface area contributed by atoms with Gasteiger partial charge >= 0.3 is 0 Å². The number of benzene rings is 21. The Balaban J connectivity index is 0.571. The van der Waals surface area contributed by atoms with E-state index in [1.54, 1.807) is 0 Å². The van der Waals surface area contributed by atoms with Crippen molar-refractivity contribution in [1.29, 1.82) is 0 Å². The second-order valence-corrected chi connectivity index (χ2v) is 37.4. The summed E-state index contributed by atoms with van der Waals surface area (Å²) in [5.74, 6) is 0. The van der Waals surface area contributed by atoms with E-state index in [0.717, 1.165) is 78.2 Å². The minimum absolute atomic E-state index is 0.141. The molecule has 1 spiro atoms. The molecule has 4 heteroatoms. The molecule has 21 aromatic carbocycles. The summed E-state index contributed by atoms with van der Waals surface area (Å²) < 4.78 is 9.84. The summed E-state index contributed by atoms with van der Waals surface area (Å²) >= 11 is 0. The van der Waals surface area contributed by atoms with Crippen molar-refractivity contribution in [1.82, 2.24) is 18.3 Å². The number of nitrogens with zero attached hydrogens (tertiary/aromatic N) is 4. The molecular formula is C130H84N4. The normalized spacial score (nSPS) is 13.8. The van der Waals surface area contributed by atoms with Crippen LogP contribution in [0.3, 0.4) is 0 Å². The predicted octanol–water partition coefficient (Wildman–Crippen LogP) is 34.1. The summed E-state index contributed by atoms with van der Waals surface area (Å²) in [5, 5.41) is 9.76. The molecule has 0 bridgehead atoms. The van der Waals surface area contributed by atoms with E-state index < -0.39 is 5.41 Å². The molecule has 0 amide bonds. The third kappa shape index (κ3) is 11.3. The van der Waals surface area contributed by atoms with Crippen molar-refractivity contribution in [3.8, 4) is 145 Å². The van der Waals surface area contributed by atoms with Gasteiger partial charge < -0.3 is 18.3 Å². The Hall–Kier alpha value is -17.2. The zero-order chi connectivity index (χ0) is 88.2. The van der Waals surface area contributed by atoms with Crippen LogP contribution in [0.4, 0.5) is 0 Å². The maximum atomic E-state index is 2.54. The Morgan fingerprint density at radius 2 is 0.425 bits per heavy atom. The third-order valence-electron chi connectivity index (χ3n) is 30.0. The van der Waals surface area contributed by atoms with Gasteiger partial charge in [0, 0.05) is 71.3 Å². The van der Waals surface area contributed by atoms with Crippen LogP contribution in [0.2, 0.25) is 0 Å². The molecule has 134 heavy (non-hydrogen) atoms. The van der Waals surface area contributed by atoms with Gasteiger partial charge in [0.15, 0.2) is 0 Å². The number of para-hydroxylation sites is 4. The maximum Gasteiger partial charge on any atom is 0.0725 e. The minimum Gasteiger partial charge on any atom is -0.309 e. The van der Waals surface area contributed by atoms with E-state index in [1.165, 1.54) is 188 Å². The van der Waals surface area contributed by atoms with Crippen molar-refractivity contribution < 1.29 is 0 Å². The van der Waals surface area contributed by atoms with Crippen molar-refractivity contribution in [2.24, 2.45) is 0 Å². The number of aromatic nitrogens is 4. The maximum absolute atomic E-state index is 2.54. The molecule has 4 heterocycles. The molecule has 0 fully saturated rings. The molecule has 0 saturated carbocycles. The standard InChI is InChI=1S/C130H84N4/c1-129(2)115-41-20-15-36-101(115)104-59-48-91(77-119(104)129)87-54-66-125-113(73-87)114-76-90(94-51-62-109-107-40-19-24-45-122(107)133(128(109)80-94)98-34-13-6-14-35-98)56-67-126(114)134(125)100-70-95(82-28-9-4-10-29-82)69-96(71-100)85-31-25-30-84(68-85)86-52-63-118-110(72-86)103-38-17-22-43-117(103)130(118)116-42-21-16-37-102(116)105-60-49-92(78-120(105)130)88-53-64-123-111(74-88)112-75-89(55-65-124(112)131(123)99-57-46-83(47-58-99)81-26-7-3-8-27-81)93-50-61-108-106-39-18-23-44-121(106)132(127(108)79-93)97-32-11-5-12-33-97/h3-80H,1-2H3. The van der Waals surface area contributed by atoms with Gasteiger partial charge in [0.1, 0.15) is 0 Å². The highest BCUT2D eigenvalue weighted by Crippen LogP contribution is 2.64. The van der Waals surface area contributed by atoms with Gasteiger partial charge in [0.25, 0.3) is 0 Å². The van der Waals surface area contributed by atoms with Crippen LogP contribution < -0.4 is 0 Å². The van der Waals surface area contributed by atoms with Crippen LogP contribution in [0.25, 0.3) is 232 Å². The highest BCUT2D eigenvalue weighted by Gasteiger charge is 2.52. The molecule has 4 nitrogen and oxygen atoms in total. The Kier molecular flexibility index (Phi) is 16.5. The molecule has 0 N–H and O–H groups in total. The molecule has 0 saturated heterocycles. The summed E-state index contributed by atoms with van der Waals surface area (Å²) in [7, 11) is 0. The fraction of sp³-hybridized carbons (Fsp3) is 0.0308. The quantitative estimate of drug-likeness (QED) is 0.116. The molecule has 25 aromatic rings. The first-order valence-corrected chi connectivity index (χ1v) is 46.7. The van der Waals surface area contributed by atoms with Crippen LogP contribution in [0.5, 0.6) is 0 Å². The Labute approximate surface area is 776 Å². The second kappa shape index (κ2) is 29.2. The van der Waals surface area contributed by atoms with Crippen LogP contribution >= 0.6 is 0 Å². The van der Waals surface area contributed by atoms with E-state index in [0.29, 0.717) is 0 Å². The second-order valence-electron chi connectivity index (χ2n) is 37.4. The van der Waals surface area contributed by atoms with Crippen molar-refractivity contribution in [3.05, 3.63) is 507 Å². The van der Waals surface area contributed by atoms with Crippen molar-refractivity contribution in [2.45, 2.75) is 24.7 Å². The van der Waals surface area contributed by atoms with Gasteiger partial charge in [-0.3, -0.25) is 0 Å². The summed E-state index contributed by atoms with van der Waals surface area (Å²) in [6.07, 6.45) is 0. The molecule has 1 unspecified atom stereocenters. The smallest absolute Gasteiger partial charge is 0.0725 e. The van der Waals surface area contributed by atoms with E-state index in [4.69, 9.17) is 0 Å². The molecule has 3 aliphatic rings. The molecule has 3 aliphatic carbocycles. The van der Waals surface area contributed by atoms with E-state index in [9.17, 15) is 0 Å². The number of hydrogen-bond donors (Lipinski definition) is 0. The third-order valence-corrected chi connectivity index (χ3v) is 30.0. The van der Waals surface area contributed by atoms with E-state index >= 15 is 0 Å². The van der Waals surface area contributed by atoms with Gasteiger partial charge in [-0.2, -0.15) is 0 Å². The summed E-state index contributed by atoms with van der Waals surface area (Å²) in [5.41, 5.74) is 47.5. The zero-order valence-corrected chi connectivity index (χ0v) is 73.8. The summed E-state index contributed by atoms with van der Waals surface area (Å²) in [6.45, 7) is 4.76. The number of fused-ring (bicyclic) bond motifs is 25. The van der Waals surface area contributed by atoms with Crippen LogP contribution in [0.15, 0.2) is 473 Å². The monoisotopic (exact) mass is 1700 g/mol. The highest BCUT2D eigenvalue weighted by atomic mass is 15.0. The Morgan fingerprint density at radius 3 is 0.948 bits per heavy atom. The fourth-order valence-corrected chi connectivity index (χ4v) is 23.7. The van der Waals surface area contributed by atoms with Gasteiger partial charge in [-0.15, -0.1) is 0 Å². The van der Waals surface area contributed by atoms with Crippen LogP contribution in [-0.4, -0.2) is 18.3 Å². The van der Waals surface area contributed by atoms with Crippen LogP contribution in [0, 0.1) is 0 Å². The molecular weight excluding hydrogens is 1620 g/mol. The first-order chi connectivity index (χ1) is 66.2. The molecule has 0 aliphatic heterocycles. The first-order valence-electron chi connectivity index (χ1n) is 46.7. The topological polar surface area (TPSA) is 19.7 Å². The molecule has 0 radical (unpaired) electrons. The van der Waals surface area contributed by atoms with E-state index in [1.807, 2.05) is 0 Å². The first kappa shape index (κ1) is 75.8. The molecule has 624 valence electrons. The molecule has 1 atom stereocenters. The van der Waals surface area contributed by atoms with E-state index in [-0.39, 0.29) is 5.41 Å². The highest BCUT2D eigenvalue weighted by molar-refractivity contribution is 6.16. The van der Waals surface area contributed by atoms with Crippen LogP contribution in [0.1, 0.15) is 47.2 Å². The van der Waals surface area contributed by atoms with Gasteiger partial charge in [-0.05, 0) is 307 Å². The lowest BCUT2D eigenvalue weighted by Gasteiger charge is -2.31. The van der Waals surface area contributed by atoms with E-state index in [2.05, 4.69) is 505 Å². The summed E-state index contributed by atoms with van der Waals surface area (Å²) in [4.78, 5) is 0. The average Bonchev–Trinajstić information content (AvgIpc) is 1.50. The van der Waals surface area contributed by atoms with Crippen molar-refractivity contribution in [3.63, 3.8) is 0 Å². The van der Waals surface area contributed by atoms with Gasteiger partial charge in [-0.25, -0.2) is 0 Å². The number of rotatable bonds is 12. The van der Waals surface area contributed by atoms with Crippen molar-refractivity contribution in [2.75, 3.05) is 0 Å².